The van der Waals surface area contributed by atoms with Crippen molar-refractivity contribution in [3.05, 3.63) is 71.8 Å². The van der Waals surface area contributed by atoms with Crippen molar-refractivity contribution in [2.75, 3.05) is 0 Å². The zero-order valence-corrected chi connectivity index (χ0v) is 10.8. The summed E-state index contributed by atoms with van der Waals surface area (Å²) < 4.78 is 31.7. The van der Waals surface area contributed by atoms with Crippen LogP contribution in [-0.4, -0.2) is 22.4 Å². The summed E-state index contributed by atoms with van der Waals surface area (Å²) in [5, 5.41) is 17.1. The molecule has 21 heavy (non-hydrogen) atoms. The Bertz CT molecular complexity index is 514. The van der Waals surface area contributed by atoms with Gasteiger partial charge in [0.25, 0.3) is 0 Å². The Morgan fingerprint density at radius 2 is 1.14 bits per heavy atom. The number of aliphatic hydroxyl groups excluding tert-OH is 1. The molecule has 0 aliphatic heterocycles. The molecule has 2 N–H and O–H groups in total. The van der Waals surface area contributed by atoms with Crippen molar-refractivity contribution in [2.24, 2.45) is 0 Å². The number of carbonyl (C=O) groups is 1. The molecule has 0 unspecified atom stereocenters. The minimum Gasteiger partial charge on any atom is -0.475 e. The van der Waals surface area contributed by atoms with Crippen molar-refractivity contribution < 1.29 is 28.2 Å². The van der Waals surface area contributed by atoms with Gasteiger partial charge in [-0.1, -0.05) is 60.7 Å². The zero-order valence-electron chi connectivity index (χ0n) is 10.8. The maximum atomic E-state index is 10.6. The molecule has 0 bridgehead atoms. The molecule has 0 saturated carbocycles. The second-order valence-electron chi connectivity index (χ2n) is 4.03. The summed E-state index contributed by atoms with van der Waals surface area (Å²) in [7, 11) is 0. The molecule has 112 valence electrons. The van der Waals surface area contributed by atoms with Gasteiger partial charge in [0.05, 0.1) is 0 Å². The lowest BCUT2D eigenvalue weighted by Crippen LogP contribution is -2.21. The molecule has 6 heteroatoms. The molecule has 0 atom stereocenters. The molecule has 2 aromatic rings. The van der Waals surface area contributed by atoms with Crippen LogP contribution in [0.2, 0.25) is 0 Å². The predicted molar refractivity (Wildman–Crippen MR) is 70.6 cm³/mol. The highest BCUT2D eigenvalue weighted by Crippen LogP contribution is 2.20. The summed E-state index contributed by atoms with van der Waals surface area (Å²) in [4.78, 5) is 8.90. The van der Waals surface area contributed by atoms with Crippen LogP contribution < -0.4 is 0 Å². The van der Waals surface area contributed by atoms with Gasteiger partial charge in [0.2, 0.25) is 0 Å². The van der Waals surface area contributed by atoms with Gasteiger partial charge in [-0.15, -0.1) is 0 Å². The number of aliphatic hydroxyl groups is 1. The minimum absolute atomic E-state index is 0.516. The Hall–Kier alpha value is -2.34. The largest absolute Gasteiger partial charge is 0.490 e. The number of rotatable bonds is 2. The van der Waals surface area contributed by atoms with Crippen LogP contribution >= 0.6 is 0 Å². The summed E-state index contributed by atoms with van der Waals surface area (Å²) in [5.74, 6) is -2.76. The highest BCUT2D eigenvalue weighted by Gasteiger charge is 2.38. The van der Waals surface area contributed by atoms with Gasteiger partial charge in [0, 0.05) is 0 Å². The molecule has 2 rings (SSSR count). The summed E-state index contributed by atoms with van der Waals surface area (Å²) in [6.45, 7) is 0. The van der Waals surface area contributed by atoms with Gasteiger partial charge in [-0.05, 0) is 11.1 Å². The van der Waals surface area contributed by atoms with Gasteiger partial charge in [-0.25, -0.2) is 4.79 Å². The van der Waals surface area contributed by atoms with E-state index in [1.807, 2.05) is 60.7 Å². The number of benzene rings is 2. The number of halogens is 3. The minimum atomic E-state index is -5.08. The zero-order chi connectivity index (χ0) is 15.9. The highest BCUT2D eigenvalue weighted by molar-refractivity contribution is 5.73. The van der Waals surface area contributed by atoms with Gasteiger partial charge in [-0.3, -0.25) is 0 Å². The monoisotopic (exact) mass is 298 g/mol. The smallest absolute Gasteiger partial charge is 0.475 e. The predicted octanol–water partition coefficient (Wildman–Crippen LogP) is 3.40. The third-order valence-corrected chi connectivity index (χ3v) is 2.47. The van der Waals surface area contributed by atoms with Crippen LogP contribution in [0.15, 0.2) is 60.7 Å². The Labute approximate surface area is 119 Å². The molecule has 0 heterocycles. The van der Waals surface area contributed by atoms with Crippen molar-refractivity contribution >= 4 is 5.97 Å². The van der Waals surface area contributed by atoms with E-state index in [0.717, 1.165) is 11.1 Å². The number of aliphatic carboxylic acids is 1. The SMILES string of the molecule is O=C(O)C(F)(F)F.OC(c1ccccc1)c1ccccc1. The van der Waals surface area contributed by atoms with E-state index in [0.29, 0.717) is 0 Å². The first-order valence-corrected chi connectivity index (χ1v) is 5.90. The third kappa shape index (κ3) is 5.66. The maximum absolute atomic E-state index is 10.6. The van der Waals surface area contributed by atoms with E-state index in [-0.39, 0.29) is 0 Å². The number of hydrogen-bond acceptors (Lipinski definition) is 2. The van der Waals surface area contributed by atoms with Crippen LogP contribution in [0.25, 0.3) is 0 Å². The Morgan fingerprint density at radius 1 is 0.857 bits per heavy atom. The molecule has 2 aromatic carbocycles. The summed E-state index contributed by atoms with van der Waals surface area (Å²) in [6, 6.07) is 19.3. The van der Waals surface area contributed by atoms with Gasteiger partial charge >= 0.3 is 12.1 Å². The molecular formula is C15H13F3O3. The number of carboxylic acids is 1. The van der Waals surface area contributed by atoms with Crippen molar-refractivity contribution in [3.8, 4) is 0 Å². The summed E-state index contributed by atoms with van der Waals surface area (Å²) in [5.41, 5.74) is 1.86. The van der Waals surface area contributed by atoms with Crippen molar-refractivity contribution in [1.29, 1.82) is 0 Å². The van der Waals surface area contributed by atoms with E-state index in [4.69, 9.17) is 9.90 Å². The topological polar surface area (TPSA) is 57.5 Å². The molecule has 0 amide bonds. The van der Waals surface area contributed by atoms with Crippen LogP contribution in [0.4, 0.5) is 13.2 Å². The first-order valence-electron chi connectivity index (χ1n) is 5.90. The van der Waals surface area contributed by atoms with Crippen molar-refractivity contribution in [3.63, 3.8) is 0 Å². The fourth-order valence-corrected chi connectivity index (χ4v) is 1.46. The highest BCUT2D eigenvalue weighted by atomic mass is 19.4. The second kappa shape index (κ2) is 7.44. The first kappa shape index (κ1) is 16.7. The molecule has 0 fully saturated rings. The quantitative estimate of drug-likeness (QED) is 0.893. The van der Waals surface area contributed by atoms with E-state index in [1.54, 1.807) is 0 Å². The average Bonchev–Trinajstić information content (AvgIpc) is 2.48. The Morgan fingerprint density at radius 3 is 1.38 bits per heavy atom. The van der Waals surface area contributed by atoms with E-state index in [1.165, 1.54) is 0 Å². The summed E-state index contributed by atoms with van der Waals surface area (Å²) >= 11 is 0. The molecule has 0 aromatic heterocycles. The third-order valence-electron chi connectivity index (χ3n) is 2.47. The lowest BCUT2D eigenvalue weighted by Gasteiger charge is -2.10. The molecule has 3 nitrogen and oxygen atoms in total. The maximum Gasteiger partial charge on any atom is 0.490 e. The molecule has 0 spiro atoms. The normalized spacial score (nSPS) is 10.7. The van der Waals surface area contributed by atoms with Gasteiger partial charge in [0.1, 0.15) is 6.10 Å². The Balaban J connectivity index is 0.000000270. The second-order valence-corrected chi connectivity index (χ2v) is 4.03. The van der Waals surface area contributed by atoms with Gasteiger partial charge < -0.3 is 10.2 Å². The van der Waals surface area contributed by atoms with Crippen LogP contribution in [0.5, 0.6) is 0 Å². The summed E-state index contributed by atoms with van der Waals surface area (Å²) in [6.07, 6.45) is -5.60. The molecule has 0 saturated heterocycles. The van der Waals surface area contributed by atoms with Crippen molar-refractivity contribution in [2.45, 2.75) is 12.3 Å². The standard InChI is InChI=1S/C13H12O.C2HF3O2/c14-13(11-7-3-1-4-8-11)12-9-5-2-6-10-12;3-2(4,5)1(6)7/h1-10,13-14H;(H,6,7). The lowest BCUT2D eigenvalue weighted by atomic mass is 10.0. The van der Waals surface area contributed by atoms with Crippen LogP contribution in [0.1, 0.15) is 17.2 Å². The number of alkyl halides is 3. The fraction of sp³-hybridized carbons (Fsp3) is 0.133. The van der Waals surface area contributed by atoms with E-state index < -0.39 is 18.2 Å². The van der Waals surface area contributed by atoms with Gasteiger partial charge in [-0.2, -0.15) is 13.2 Å². The van der Waals surface area contributed by atoms with Gasteiger partial charge in [0.15, 0.2) is 0 Å². The molecule has 0 aliphatic rings. The first-order chi connectivity index (χ1) is 9.82. The average molecular weight is 298 g/mol. The lowest BCUT2D eigenvalue weighted by molar-refractivity contribution is -0.192. The molecule has 0 radical (unpaired) electrons. The van der Waals surface area contributed by atoms with Crippen LogP contribution in [0.3, 0.4) is 0 Å². The van der Waals surface area contributed by atoms with E-state index >= 15 is 0 Å². The van der Waals surface area contributed by atoms with Crippen LogP contribution in [-0.2, 0) is 4.79 Å². The van der Waals surface area contributed by atoms with Crippen molar-refractivity contribution in [1.82, 2.24) is 0 Å². The van der Waals surface area contributed by atoms with Crippen LogP contribution in [0, 0.1) is 0 Å². The number of hydrogen-bond donors (Lipinski definition) is 2. The van der Waals surface area contributed by atoms with E-state index in [9.17, 15) is 18.3 Å². The Kier molecular flexibility index (Phi) is 5.92. The molecule has 0 aliphatic carbocycles. The molecular weight excluding hydrogens is 285 g/mol. The fourth-order valence-electron chi connectivity index (χ4n) is 1.46. The number of carboxylic acid groups (broad SMARTS) is 1. The van der Waals surface area contributed by atoms with E-state index in [2.05, 4.69) is 0 Å².